The van der Waals surface area contributed by atoms with Gasteiger partial charge in [0.15, 0.2) is 0 Å². The minimum absolute atomic E-state index is 0.0187. The van der Waals surface area contributed by atoms with Gasteiger partial charge in [0.1, 0.15) is 11.6 Å². The summed E-state index contributed by atoms with van der Waals surface area (Å²) in [5, 5.41) is 4.45. The first-order valence-corrected chi connectivity index (χ1v) is 7.25. The van der Waals surface area contributed by atoms with Crippen molar-refractivity contribution in [2.45, 2.75) is 38.9 Å². The van der Waals surface area contributed by atoms with Crippen LogP contribution in [-0.2, 0) is 26.1 Å². The van der Waals surface area contributed by atoms with Crippen LogP contribution in [0.25, 0.3) is 0 Å². The van der Waals surface area contributed by atoms with E-state index in [9.17, 15) is 4.79 Å². The van der Waals surface area contributed by atoms with Crippen molar-refractivity contribution in [3.8, 4) is 5.75 Å². The molecule has 0 atom stereocenters. The summed E-state index contributed by atoms with van der Waals surface area (Å²) in [7, 11) is 1.63. The molecule has 0 saturated carbocycles. The van der Waals surface area contributed by atoms with Gasteiger partial charge in [0.2, 0.25) is 0 Å². The molecular weight excluding hydrogens is 268 g/mol. The molecule has 0 saturated heterocycles. The second-order valence-electron chi connectivity index (χ2n) is 5.32. The zero-order valence-corrected chi connectivity index (χ0v) is 12.2. The van der Waals surface area contributed by atoms with Crippen molar-refractivity contribution in [1.82, 2.24) is 14.3 Å². The normalized spacial score (nSPS) is 14.0. The van der Waals surface area contributed by atoms with Gasteiger partial charge in [-0.1, -0.05) is 6.07 Å². The molecule has 2 heterocycles. The van der Waals surface area contributed by atoms with Crippen molar-refractivity contribution in [2.75, 3.05) is 7.11 Å². The molecule has 0 fully saturated rings. The average Bonchev–Trinajstić information content (AvgIpc) is 2.84. The van der Waals surface area contributed by atoms with E-state index in [4.69, 9.17) is 10.5 Å². The number of ether oxygens (including phenoxy) is 1. The molecule has 1 aliphatic heterocycles. The van der Waals surface area contributed by atoms with Crippen LogP contribution in [0.15, 0.2) is 23.0 Å². The molecule has 112 valence electrons. The van der Waals surface area contributed by atoms with Gasteiger partial charge in [0.25, 0.3) is 0 Å². The van der Waals surface area contributed by atoms with Crippen molar-refractivity contribution in [1.29, 1.82) is 0 Å². The highest BCUT2D eigenvalue weighted by Gasteiger charge is 2.16. The summed E-state index contributed by atoms with van der Waals surface area (Å²) in [6.45, 7) is 1.66. The second-order valence-corrected chi connectivity index (χ2v) is 5.32. The number of fused-ring (bicyclic) bond motifs is 1. The molecule has 6 heteroatoms. The first kappa shape index (κ1) is 13.9. The van der Waals surface area contributed by atoms with Crippen LogP contribution in [-0.4, -0.2) is 21.5 Å². The van der Waals surface area contributed by atoms with Gasteiger partial charge in [0.05, 0.1) is 13.7 Å². The molecule has 0 unspecified atom stereocenters. The van der Waals surface area contributed by atoms with Crippen LogP contribution >= 0.6 is 0 Å². The Morgan fingerprint density at radius 3 is 2.95 bits per heavy atom. The number of hydrogen-bond donors (Lipinski definition) is 1. The number of nitrogens with two attached hydrogens (primary N) is 1. The third kappa shape index (κ3) is 2.58. The van der Waals surface area contributed by atoms with Gasteiger partial charge in [-0.05, 0) is 30.5 Å². The van der Waals surface area contributed by atoms with Crippen LogP contribution in [0.5, 0.6) is 5.75 Å². The molecule has 3 rings (SSSR count). The molecule has 21 heavy (non-hydrogen) atoms. The Kier molecular flexibility index (Phi) is 3.79. The first-order chi connectivity index (χ1) is 10.2. The Labute approximate surface area is 123 Å². The Morgan fingerprint density at radius 1 is 1.38 bits per heavy atom. The molecule has 1 aliphatic rings. The van der Waals surface area contributed by atoms with E-state index in [0.29, 0.717) is 13.1 Å². The molecule has 0 aliphatic carbocycles. The van der Waals surface area contributed by atoms with E-state index in [2.05, 4.69) is 5.10 Å². The first-order valence-electron chi connectivity index (χ1n) is 7.25. The molecule has 0 radical (unpaired) electrons. The van der Waals surface area contributed by atoms with Crippen molar-refractivity contribution in [2.24, 2.45) is 5.73 Å². The SMILES string of the molecule is COc1ccc(Cn2nc3n(c2=O)CCCC3)cc1CN. The second kappa shape index (κ2) is 5.73. The summed E-state index contributed by atoms with van der Waals surface area (Å²) in [6.07, 6.45) is 3.05. The van der Waals surface area contributed by atoms with Gasteiger partial charge in [-0.3, -0.25) is 4.57 Å². The third-order valence-corrected chi connectivity index (χ3v) is 3.93. The van der Waals surface area contributed by atoms with Crippen LogP contribution in [0.2, 0.25) is 0 Å². The number of rotatable bonds is 4. The minimum Gasteiger partial charge on any atom is -0.496 e. The van der Waals surface area contributed by atoms with Crippen molar-refractivity contribution in [3.05, 3.63) is 45.6 Å². The molecule has 1 aromatic carbocycles. The highest BCUT2D eigenvalue weighted by atomic mass is 16.5. The number of aromatic nitrogens is 3. The van der Waals surface area contributed by atoms with Gasteiger partial charge in [-0.2, -0.15) is 5.10 Å². The topological polar surface area (TPSA) is 75.1 Å². The maximum Gasteiger partial charge on any atom is 0.346 e. The predicted octanol–water partition coefficient (Wildman–Crippen LogP) is 0.897. The molecule has 2 N–H and O–H groups in total. The highest BCUT2D eigenvalue weighted by molar-refractivity contribution is 5.37. The lowest BCUT2D eigenvalue weighted by atomic mass is 10.1. The fourth-order valence-electron chi connectivity index (χ4n) is 2.81. The monoisotopic (exact) mass is 288 g/mol. The Morgan fingerprint density at radius 2 is 2.24 bits per heavy atom. The van der Waals surface area contributed by atoms with Crippen LogP contribution in [0, 0.1) is 0 Å². The minimum atomic E-state index is -0.0187. The van der Waals surface area contributed by atoms with Gasteiger partial charge >= 0.3 is 5.69 Å². The van der Waals surface area contributed by atoms with Crippen molar-refractivity contribution >= 4 is 0 Å². The Balaban J connectivity index is 1.90. The van der Waals surface area contributed by atoms with Crippen LogP contribution in [0.1, 0.15) is 29.8 Å². The molecule has 0 spiro atoms. The third-order valence-electron chi connectivity index (χ3n) is 3.93. The van der Waals surface area contributed by atoms with E-state index in [1.807, 2.05) is 18.2 Å². The van der Waals surface area contributed by atoms with E-state index in [-0.39, 0.29) is 5.69 Å². The van der Waals surface area contributed by atoms with E-state index >= 15 is 0 Å². The molecule has 6 nitrogen and oxygen atoms in total. The summed E-state index contributed by atoms with van der Waals surface area (Å²) in [4.78, 5) is 12.3. The van der Waals surface area contributed by atoms with Gasteiger partial charge in [0, 0.05) is 25.1 Å². The molecule has 0 bridgehead atoms. The van der Waals surface area contributed by atoms with Gasteiger partial charge in [-0.25, -0.2) is 9.48 Å². The quantitative estimate of drug-likeness (QED) is 0.907. The fraction of sp³-hybridized carbons (Fsp3) is 0.467. The predicted molar refractivity (Wildman–Crippen MR) is 79.4 cm³/mol. The standard InChI is InChI=1S/C15H20N4O2/c1-21-13-6-5-11(8-12(13)9-16)10-19-15(20)18-7-3-2-4-14(18)17-19/h5-6,8H,2-4,7,9-10,16H2,1H3. The Bertz CT molecular complexity index is 702. The summed E-state index contributed by atoms with van der Waals surface area (Å²) in [5.41, 5.74) is 7.66. The fourth-order valence-corrected chi connectivity index (χ4v) is 2.81. The lowest BCUT2D eigenvalue weighted by molar-refractivity contribution is 0.409. The Hall–Kier alpha value is -2.08. The summed E-state index contributed by atoms with van der Waals surface area (Å²) >= 11 is 0. The maximum absolute atomic E-state index is 12.3. The molecule has 0 amide bonds. The summed E-state index contributed by atoms with van der Waals surface area (Å²) in [5.74, 6) is 1.68. The van der Waals surface area contributed by atoms with Gasteiger partial charge in [-0.15, -0.1) is 0 Å². The van der Waals surface area contributed by atoms with E-state index in [1.54, 1.807) is 16.4 Å². The number of methoxy groups -OCH3 is 1. The smallest absolute Gasteiger partial charge is 0.346 e. The van der Waals surface area contributed by atoms with E-state index < -0.39 is 0 Å². The number of hydrogen-bond acceptors (Lipinski definition) is 4. The average molecular weight is 288 g/mol. The van der Waals surface area contributed by atoms with E-state index in [1.165, 1.54) is 0 Å². The zero-order chi connectivity index (χ0) is 14.8. The number of aryl methyl sites for hydroxylation is 1. The zero-order valence-electron chi connectivity index (χ0n) is 12.2. The number of nitrogens with zero attached hydrogens (tertiary/aromatic N) is 3. The lowest BCUT2D eigenvalue weighted by Gasteiger charge is -2.09. The highest BCUT2D eigenvalue weighted by Crippen LogP contribution is 2.19. The summed E-state index contributed by atoms with van der Waals surface area (Å²) < 4.78 is 8.60. The summed E-state index contributed by atoms with van der Waals surface area (Å²) in [6, 6.07) is 5.81. The molecular formula is C15H20N4O2. The molecule has 1 aromatic heterocycles. The van der Waals surface area contributed by atoms with Crippen molar-refractivity contribution < 1.29 is 4.74 Å². The molecule has 2 aromatic rings. The largest absolute Gasteiger partial charge is 0.496 e. The van der Waals surface area contributed by atoms with Crippen LogP contribution < -0.4 is 16.2 Å². The van der Waals surface area contributed by atoms with Crippen molar-refractivity contribution in [3.63, 3.8) is 0 Å². The lowest BCUT2D eigenvalue weighted by Crippen LogP contribution is -2.27. The van der Waals surface area contributed by atoms with Gasteiger partial charge < -0.3 is 10.5 Å². The van der Waals surface area contributed by atoms with Crippen LogP contribution in [0.4, 0.5) is 0 Å². The van der Waals surface area contributed by atoms with Crippen LogP contribution in [0.3, 0.4) is 0 Å². The number of benzene rings is 1. The van der Waals surface area contributed by atoms with E-state index in [0.717, 1.165) is 48.5 Å². The maximum atomic E-state index is 12.3.